The highest BCUT2D eigenvalue weighted by molar-refractivity contribution is 7.90. The van der Waals surface area contributed by atoms with Crippen LogP contribution in [0.5, 0.6) is 0 Å². The van der Waals surface area contributed by atoms with Gasteiger partial charge in [0.15, 0.2) is 15.6 Å². The number of carbonyl (C=O) groups is 1. The third-order valence-electron chi connectivity index (χ3n) is 4.07. The van der Waals surface area contributed by atoms with Crippen LogP contribution >= 0.6 is 0 Å². The van der Waals surface area contributed by atoms with E-state index in [-0.39, 0.29) is 28.6 Å². The van der Waals surface area contributed by atoms with Crippen molar-refractivity contribution in [3.8, 4) is 6.07 Å². The number of sulfone groups is 1. The first-order valence-corrected chi connectivity index (χ1v) is 10.8. The van der Waals surface area contributed by atoms with Gasteiger partial charge in [-0.15, -0.1) is 0 Å². The summed E-state index contributed by atoms with van der Waals surface area (Å²) in [5.74, 6) is 0.686. The summed E-state index contributed by atoms with van der Waals surface area (Å²) in [7, 11) is -3.54. The second-order valence-corrected chi connectivity index (χ2v) is 8.27. The van der Waals surface area contributed by atoms with E-state index in [0.29, 0.717) is 22.9 Å². The summed E-state index contributed by atoms with van der Waals surface area (Å²) >= 11 is 0. The molecular formula is C20H18N6O3S. The number of rotatable bonds is 7. The van der Waals surface area contributed by atoms with Crippen LogP contribution in [0.15, 0.2) is 53.7 Å². The normalized spacial score (nSPS) is 10.8. The van der Waals surface area contributed by atoms with Crippen LogP contribution in [0, 0.1) is 11.3 Å². The first-order chi connectivity index (χ1) is 14.3. The minimum atomic E-state index is -3.54. The van der Waals surface area contributed by atoms with Crippen molar-refractivity contribution >= 4 is 38.8 Å². The van der Waals surface area contributed by atoms with Crippen molar-refractivity contribution < 1.29 is 13.2 Å². The molecule has 3 aromatic rings. The molecule has 3 aromatic heterocycles. The highest BCUT2D eigenvalue weighted by Gasteiger charge is 2.18. The quantitative estimate of drug-likeness (QED) is 0.549. The van der Waals surface area contributed by atoms with Crippen LogP contribution in [0.25, 0.3) is 0 Å². The molecule has 0 aliphatic carbocycles. The van der Waals surface area contributed by atoms with E-state index in [1.54, 1.807) is 31.2 Å². The number of nitriles is 1. The molecule has 0 spiro atoms. The summed E-state index contributed by atoms with van der Waals surface area (Å²) in [6.07, 6.45) is 4.18. The molecule has 0 amide bonds. The lowest BCUT2D eigenvalue weighted by molar-refractivity contribution is 0.0988. The van der Waals surface area contributed by atoms with Crippen molar-refractivity contribution in [1.29, 1.82) is 5.26 Å². The van der Waals surface area contributed by atoms with Crippen molar-refractivity contribution in [3.63, 3.8) is 0 Å². The molecule has 0 unspecified atom stereocenters. The second-order valence-electron chi connectivity index (χ2n) is 6.28. The summed E-state index contributed by atoms with van der Waals surface area (Å²) < 4.78 is 24.2. The molecule has 0 saturated heterocycles. The molecule has 0 aliphatic rings. The van der Waals surface area contributed by atoms with Gasteiger partial charge in [-0.1, -0.05) is 13.0 Å². The molecule has 0 bridgehead atoms. The highest BCUT2D eigenvalue weighted by Crippen LogP contribution is 2.28. The van der Waals surface area contributed by atoms with E-state index in [9.17, 15) is 13.2 Å². The minimum Gasteiger partial charge on any atom is -0.338 e. The van der Waals surface area contributed by atoms with Crippen LogP contribution in [0.4, 0.5) is 23.1 Å². The molecule has 3 heterocycles. The number of aromatic nitrogens is 3. The molecule has 0 fully saturated rings. The van der Waals surface area contributed by atoms with Gasteiger partial charge in [0, 0.05) is 31.1 Å². The van der Waals surface area contributed by atoms with Gasteiger partial charge < -0.3 is 10.6 Å². The number of carbonyl (C=O) groups excluding carboxylic acids is 1. The van der Waals surface area contributed by atoms with Crippen LogP contribution in [-0.4, -0.2) is 35.4 Å². The summed E-state index contributed by atoms with van der Waals surface area (Å²) in [5.41, 5.74) is 0.883. The van der Waals surface area contributed by atoms with Gasteiger partial charge in [-0.25, -0.2) is 23.4 Å². The van der Waals surface area contributed by atoms with E-state index < -0.39 is 9.84 Å². The number of ketones is 1. The van der Waals surface area contributed by atoms with E-state index >= 15 is 0 Å². The van der Waals surface area contributed by atoms with Crippen LogP contribution in [0.1, 0.15) is 29.4 Å². The molecule has 0 atom stereocenters. The number of anilines is 4. The SMILES string of the molecule is CCC(=O)c1cnc(Nc2cccc(C#N)n2)cc1Nc1ncccc1S(C)(=O)=O. The molecule has 10 heteroatoms. The van der Waals surface area contributed by atoms with Crippen LogP contribution in [0.3, 0.4) is 0 Å². The molecule has 0 aromatic carbocycles. The van der Waals surface area contributed by atoms with E-state index in [2.05, 4.69) is 25.6 Å². The Morgan fingerprint density at radius 1 is 1.13 bits per heavy atom. The fraction of sp³-hybridized carbons (Fsp3) is 0.150. The molecule has 0 aliphatic heterocycles. The van der Waals surface area contributed by atoms with Crippen LogP contribution in [-0.2, 0) is 9.84 Å². The van der Waals surface area contributed by atoms with Crippen LogP contribution in [0.2, 0.25) is 0 Å². The molecular weight excluding hydrogens is 404 g/mol. The zero-order valence-electron chi connectivity index (χ0n) is 16.2. The molecule has 9 nitrogen and oxygen atoms in total. The van der Waals surface area contributed by atoms with Crippen molar-refractivity contribution in [2.24, 2.45) is 0 Å². The molecule has 2 N–H and O–H groups in total. The Bertz CT molecular complexity index is 1250. The minimum absolute atomic E-state index is 0.00890. The van der Waals surface area contributed by atoms with Gasteiger partial charge in [0.2, 0.25) is 0 Å². The molecule has 3 rings (SSSR count). The van der Waals surface area contributed by atoms with E-state index in [1.807, 2.05) is 6.07 Å². The zero-order chi connectivity index (χ0) is 21.7. The Kier molecular flexibility index (Phi) is 6.03. The monoisotopic (exact) mass is 422 g/mol. The predicted octanol–water partition coefficient (Wildman–Crippen LogP) is 3.23. The lowest BCUT2D eigenvalue weighted by Gasteiger charge is -2.14. The van der Waals surface area contributed by atoms with Crippen LogP contribution < -0.4 is 10.6 Å². The lowest BCUT2D eigenvalue weighted by Crippen LogP contribution is -2.09. The number of nitrogens with one attached hydrogen (secondary N) is 2. The fourth-order valence-corrected chi connectivity index (χ4v) is 3.43. The summed E-state index contributed by atoms with van der Waals surface area (Å²) in [4.78, 5) is 24.9. The van der Waals surface area contributed by atoms with Crippen molar-refractivity contribution in [3.05, 3.63) is 60.0 Å². The Hall–Kier alpha value is -3.84. The maximum absolute atomic E-state index is 12.4. The van der Waals surface area contributed by atoms with Crippen molar-refractivity contribution in [2.45, 2.75) is 18.2 Å². The van der Waals surface area contributed by atoms with E-state index in [4.69, 9.17) is 5.26 Å². The fourth-order valence-electron chi connectivity index (χ4n) is 2.65. The largest absolute Gasteiger partial charge is 0.338 e. The number of hydrogen-bond acceptors (Lipinski definition) is 9. The highest BCUT2D eigenvalue weighted by atomic mass is 32.2. The number of pyridine rings is 3. The maximum atomic E-state index is 12.4. The summed E-state index contributed by atoms with van der Waals surface area (Å²) in [6.45, 7) is 1.72. The average Bonchev–Trinajstić information content (AvgIpc) is 2.73. The third-order valence-corrected chi connectivity index (χ3v) is 5.20. The Labute approximate surface area is 173 Å². The van der Waals surface area contributed by atoms with Gasteiger partial charge >= 0.3 is 0 Å². The first kappa shape index (κ1) is 20.9. The lowest BCUT2D eigenvalue weighted by atomic mass is 10.1. The Morgan fingerprint density at radius 3 is 2.63 bits per heavy atom. The Balaban J connectivity index is 2.03. The average molecular weight is 422 g/mol. The molecule has 152 valence electrons. The van der Waals surface area contributed by atoms with Crippen molar-refractivity contribution in [2.75, 3.05) is 16.9 Å². The summed E-state index contributed by atoms with van der Waals surface area (Å²) in [5, 5.41) is 14.9. The maximum Gasteiger partial charge on any atom is 0.179 e. The van der Waals surface area contributed by atoms with Crippen molar-refractivity contribution in [1.82, 2.24) is 15.0 Å². The molecule has 30 heavy (non-hydrogen) atoms. The predicted molar refractivity (Wildman–Crippen MR) is 112 cm³/mol. The van der Waals surface area contributed by atoms with Gasteiger partial charge in [-0.05, 0) is 24.3 Å². The summed E-state index contributed by atoms with van der Waals surface area (Å²) in [6, 6.07) is 11.4. The standard InChI is InChI=1S/C20H18N6O3S/c1-3-16(27)14-12-23-19(26-18-8-4-6-13(11-21)24-18)10-15(14)25-20-17(30(2,28)29)7-5-9-22-20/h4-10,12H,3H2,1-2H3,(H2,22,23,24,25,26). The third kappa shape index (κ3) is 4.76. The van der Waals surface area contributed by atoms with Gasteiger partial charge in [-0.3, -0.25) is 4.79 Å². The Morgan fingerprint density at radius 2 is 1.93 bits per heavy atom. The zero-order valence-corrected chi connectivity index (χ0v) is 17.1. The first-order valence-electron chi connectivity index (χ1n) is 8.91. The number of Topliss-reactive ketones (excluding diaryl/α,β-unsaturated/α-hetero) is 1. The molecule has 0 saturated carbocycles. The van der Waals surface area contributed by atoms with E-state index in [1.165, 1.54) is 24.5 Å². The van der Waals surface area contributed by atoms with Gasteiger partial charge in [0.05, 0.1) is 11.3 Å². The van der Waals surface area contributed by atoms with Gasteiger partial charge in [-0.2, -0.15) is 5.26 Å². The van der Waals surface area contributed by atoms with E-state index in [0.717, 1.165) is 6.26 Å². The van der Waals surface area contributed by atoms with Gasteiger partial charge in [0.25, 0.3) is 0 Å². The van der Waals surface area contributed by atoms with Gasteiger partial charge in [0.1, 0.15) is 34.1 Å². The number of hydrogen-bond donors (Lipinski definition) is 2. The smallest absolute Gasteiger partial charge is 0.179 e. The second kappa shape index (κ2) is 8.67. The number of nitrogens with zero attached hydrogens (tertiary/aromatic N) is 4. The topological polar surface area (TPSA) is 138 Å². The molecule has 0 radical (unpaired) electrons.